The topological polar surface area (TPSA) is 92.6 Å². The van der Waals surface area contributed by atoms with Crippen LogP contribution in [0.4, 0.5) is 14.5 Å². The molecule has 0 fully saturated rings. The number of hydrogen-bond donors (Lipinski definition) is 1. The van der Waals surface area contributed by atoms with E-state index < -0.39 is 28.7 Å². The van der Waals surface area contributed by atoms with Crippen molar-refractivity contribution in [2.24, 2.45) is 10.1 Å². The molecule has 0 aromatic heterocycles. The van der Waals surface area contributed by atoms with Crippen LogP contribution in [0.2, 0.25) is 0 Å². The maximum atomic E-state index is 13.5. The predicted octanol–water partition coefficient (Wildman–Crippen LogP) is 5.16. The van der Waals surface area contributed by atoms with E-state index >= 15 is 0 Å². The van der Waals surface area contributed by atoms with Crippen LogP contribution in [0.15, 0.2) is 76.8 Å². The van der Waals surface area contributed by atoms with Crippen LogP contribution in [0.5, 0.6) is 11.5 Å². The molecular weight excluding hydrogens is 526 g/mol. The minimum absolute atomic E-state index is 0.100. The van der Waals surface area contributed by atoms with E-state index in [1.54, 1.807) is 19.2 Å². The van der Waals surface area contributed by atoms with Crippen molar-refractivity contribution in [3.63, 3.8) is 0 Å². The molecule has 2 heterocycles. The highest BCUT2D eigenvalue weighted by Gasteiger charge is 2.39. The Bertz CT molecular complexity index is 1460. The molecule has 0 saturated carbocycles. The van der Waals surface area contributed by atoms with Crippen LogP contribution < -0.4 is 14.8 Å². The smallest absolute Gasteiger partial charge is 0.262 e. The van der Waals surface area contributed by atoms with Gasteiger partial charge >= 0.3 is 0 Å². The van der Waals surface area contributed by atoms with Crippen LogP contribution in [-0.2, 0) is 9.59 Å². The van der Waals surface area contributed by atoms with Crippen molar-refractivity contribution < 1.29 is 27.8 Å². The number of hydrogen-bond acceptors (Lipinski definition) is 7. The number of carbonyl (C=O) groups excluding carboxylic acids is 2. The molecule has 2 aliphatic rings. The van der Waals surface area contributed by atoms with Gasteiger partial charge in [0.25, 0.3) is 5.91 Å². The number of thioether (sulfide) groups is 1. The number of carbonyl (C=O) groups is 2. The molecule has 2 aliphatic heterocycles. The van der Waals surface area contributed by atoms with E-state index in [-0.39, 0.29) is 18.2 Å². The first-order valence-corrected chi connectivity index (χ1v) is 12.9. The number of nitrogens with zero attached hydrogens (tertiary/aromatic N) is 3. The number of methoxy groups -OCH3 is 2. The zero-order chi connectivity index (χ0) is 27.5. The van der Waals surface area contributed by atoms with Gasteiger partial charge in [0, 0.05) is 24.6 Å². The summed E-state index contributed by atoms with van der Waals surface area (Å²) in [6, 6.07) is 18.0. The van der Waals surface area contributed by atoms with Gasteiger partial charge in [0.2, 0.25) is 5.91 Å². The van der Waals surface area contributed by atoms with Crippen LogP contribution in [0.3, 0.4) is 0 Å². The molecule has 0 saturated heterocycles. The zero-order valence-corrected chi connectivity index (χ0v) is 21.9. The van der Waals surface area contributed by atoms with Crippen molar-refractivity contribution in [1.82, 2.24) is 5.01 Å². The molecular formula is C28H24F2N4O4S. The molecule has 200 valence electrons. The number of amides is 2. The van der Waals surface area contributed by atoms with Gasteiger partial charge < -0.3 is 14.8 Å². The van der Waals surface area contributed by atoms with Gasteiger partial charge in [0.05, 0.1) is 26.0 Å². The quantitative estimate of drug-likeness (QED) is 0.437. The number of benzene rings is 3. The molecule has 0 spiro atoms. The molecule has 11 heteroatoms. The van der Waals surface area contributed by atoms with E-state index in [0.717, 1.165) is 52.2 Å². The average Bonchev–Trinajstić information content (AvgIpc) is 3.54. The van der Waals surface area contributed by atoms with Crippen LogP contribution >= 0.6 is 11.8 Å². The van der Waals surface area contributed by atoms with E-state index in [0.29, 0.717) is 11.6 Å². The van der Waals surface area contributed by atoms with Crippen molar-refractivity contribution >= 4 is 40.1 Å². The fourth-order valence-electron chi connectivity index (χ4n) is 4.29. The zero-order valence-electron chi connectivity index (χ0n) is 21.1. The van der Waals surface area contributed by atoms with Crippen molar-refractivity contribution in [2.75, 3.05) is 19.5 Å². The van der Waals surface area contributed by atoms with Crippen LogP contribution in [-0.4, -0.2) is 47.2 Å². The summed E-state index contributed by atoms with van der Waals surface area (Å²) in [5, 5.41) is 8.65. The standard InChI is InChI=1S/C28H24F2N4O4S/c1-37-19-8-3-16(4-9-19)23-14-24(17-5-10-20(38-2)11-6-17)34(33-23)28-32-27(36)25(39-28)15-26(35)31-18-7-12-21(29)22(30)13-18/h3-13,24-25H,14-15H2,1-2H3,(H,31,35)/t24-,25+/m0/s1. The van der Waals surface area contributed by atoms with E-state index in [1.807, 2.05) is 48.5 Å². The lowest BCUT2D eigenvalue weighted by Crippen LogP contribution is -2.25. The van der Waals surface area contributed by atoms with E-state index in [2.05, 4.69) is 10.3 Å². The lowest BCUT2D eigenvalue weighted by molar-refractivity contribution is -0.121. The summed E-state index contributed by atoms with van der Waals surface area (Å²) in [5.74, 6) is -1.62. The average molecular weight is 551 g/mol. The highest BCUT2D eigenvalue weighted by atomic mass is 32.2. The van der Waals surface area contributed by atoms with Gasteiger partial charge in [-0.1, -0.05) is 23.9 Å². The summed E-state index contributed by atoms with van der Waals surface area (Å²) < 4.78 is 37.2. The second-order valence-corrected chi connectivity index (χ2v) is 10.0. The van der Waals surface area contributed by atoms with Crippen molar-refractivity contribution in [3.05, 3.63) is 89.5 Å². The Labute approximate surface area is 227 Å². The second-order valence-electron chi connectivity index (χ2n) is 8.83. The number of halogens is 2. The summed E-state index contributed by atoms with van der Waals surface area (Å²) in [5.41, 5.74) is 2.78. The Hall–Kier alpha value is -4.25. The summed E-state index contributed by atoms with van der Waals surface area (Å²) in [6.45, 7) is 0. The molecule has 8 nitrogen and oxygen atoms in total. The van der Waals surface area contributed by atoms with Gasteiger partial charge in [-0.05, 0) is 59.7 Å². The Balaban J connectivity index is 1.35. The molecule has 0 unspecified atom stereocenters. The summed E-state index contributed by atoms with van der Waals surface area (Å²) in [4.78, 5) is 29.6. The molecule has 3 aromatic carbocycles. The monoisotopic (exact) mass is 550 g/mol. The van der Waals surface area contributed by atoms with Crippen molar-refractivity contribution in [1.29, 1.82) is 0 Å². The lowest BCUT2D eigenvalue weighted by atomic mass is 9.98. The fraction of sp³-hybridized carbons (Fsp3) is 0.214. The summed E-state index contributed by atoms with van der Waals surface area (Å²) in [6.07, 6.45) is 0.374. The third-order valence-electron chi connectivity index (χ3n) is 6.33. The Kier molecular flexibility index (Phi) is 7.60. The Morgan fingerprint density at radius 2 is 1.67 bits per heavy atom. The number of hydrazone groups is 1. The van der Waals surface area contributed by atoms with Gasteiger partial charge in [0.1, 0.15) is 16.7 Å². The van der Waals surface area contributed by atoms with Gasteiger partial charge in [-0.2, -0.15) is 10.1 Å². The van der Waals surface area contributed by atoms with E-state index in [4.69, 9.17) is 14.6 Å². The molecule has 1 N–H and O–H groups in total. The van der Waals surface area contributed by atoms with Gasteiger partial charge in [-0.25, -0.2) is 13.8 Å². The Morgan fingerprint density at radius 3 is 2.31 bits per heavy atom. The van der Waals surface area contributed by atoms with Gasteiger partial charge in [-0.15, -0.1) is 0 Å². The van der Waals surface area contributed by atoms with Crippen molar-refractivity contribution in [2.45, 2.75) is 24.1 Å². The van der Waals surface area contributed by atoms with E-state index in [1.165, 1.54) is 6.07 Å². The number of aliphatic imine (C=N–C) groups is 1. The lowest BCUT2D eigenvalue weighted by Gasteiger charge is -2.23. The molecule has 0 radical (unpaired) electrons. The first-order valence-electron chi connectivity index (χ1n) is 12.0. The largest absolute Gasteiger partial charge is 0.497 e. The van der Waals surface area contributed by atoms with Crippen LogP contribution in [0.25, 0.3) is 0 Å². The molecule has 2 atom stereocenters. The molecule has 0 bridgehead atoms. The number of ether oxygens (including phenoxy) is 2. The van der Waals surface area contributed by atoms with E-state index in [9.17, 15) is 18.4 Å². The highest BCUT2D eigenvalue weighted by molar-refractivity contribution is 8.15. The van der Waals surface area contributed by atoms with Crippen molar-refractivity contribution in [3.8, 4) is 11.5 Å². The molecule has 39 heavy (non-hydrogen) atoms. The molecule has 0 aliphatic carbocycles. The summed E-state index contributed by atoms with van der Waals surface area (Å²) in [7, 11) is 3.20. The number of anilines is 1. The number of rotatable bonds is 7. The van der Waals surface area contributed by atoms with Gasteiger partial charge in [0.15, 0.2) is 16.8 Å². The SMILES string of the molecule is COc1ccc(C2=NN(C3=NC(=O)[C@@H](CC(=O)Nc4ccc(F)c(F)c4)S3)[C@H](c3ccc(OC)cc3)C2)cc1. The third kappa shape index (κ3) is 5.78. The molecule has 2 amide bonds. The molecule has 3 aromatic rings. The minimum Gasteiger partial charge on any atom is -0.497 e. The number of amidine groups is 1. The predicted molar refractivity (Wildman–Crippen MR) is 145 cm³/mol. The van der Waals surface area contributed by atoms with Crippen LogP contribution in [0, 0.1) is 11.6 Å². The third-order valence-corrected chi connectivity index (χ3v) is 7.48. The van der Waals surface area contributed by atoms with Gasteiger partial charge in [-0.3, -0.25) is 9.59 Å². The highest BCUT2D eigenvalue weighted by Crippen LogP contribution is 2.39. The second kappa shape index (κ2) is 11.2. The van der Waals surface area contributed by atoms with Crippen LogP contribution in [0.1, 0.15) is 30.0 Å². The first kappa shape index (κ1) is 26.4. The minimum atomic E-state index is -1.08. The maximum Gasteiger partial charge on any atom is 0.262 e. The number of nitrogens with one attached hydrogen (secondary N) is 1. The maximum absolute atomic E-state index is 13.5. The fourth-order valence-corrected chi connectivity index (χ4v) is 5.35. The first-order chi connectivity index (χ1) is 18.8. The normalized spacial score (nSPS) is 18.6. The Morgan fingerprint density at radius 1 is 1.00 bits per heavy atom. The molecule has 5 rings (SSSR count). The summed E-state index contributed by atoms with van der Waals surface area (Å²) >= 11 is 1.15.